The van der Waals surface area contributed by atoms with E-state index in [2.05, 4.69) is 9.97 Å². The van der Waals surface area contributed by atoms with Gasteiger partial charge in [0, 0.05) is 11.1 Å². The SMILES string of the molecule is CSc1nc(Cl)cc(Oc2ccc(Cl)cc2)n1. The van der Waals surface area contributed by atoms with Gasteiger partial charge in [-0.1, -0.05) is 35.0 Å². The highest BCUT2D eigenvalue weighted by Crippen LogP contribution is 2.24. The minimum Gasteiger partial charge on any atom is -0.439 e. The summed E-state index contributed by atoms with van der Waals surface area (Å²) in [5, 5.41) is 1.58. The van der Waals surface area contributed by atoms with Gasteiger partial charge in [-0.25, -0.2) is 4.98 Å². The Hall–Kier alpha value is -0.970. The molecule has 1 heterocycles. The predicted octanol–water partition coefficient (Wildman–Crippen LogP) is 4.30. The number of rotatable bonds is 3. The van der Waals surface area contributed by atoms with Crippen molar-refractivity contribution < 1.29 is 4.74 Å². The lowest BCUT2D eigenvalue weighted by Crippen LogP contribution is -1.92. The fourth-order valence-corrected chi connectivity index (χ4v) is 1.86. The molecule has 0 saturated carbocycles. The zero-order valence-electron chi connectivity index (χ0n) is 8.85. The molecule has 6 heteroatoms. The van der Waals surface area contributed by atoms with Gasteiger partial charge in [-0.3, -0.25) is 0 Å². The van der Waals surface area contributed by atoms with Crippen molar-refractivity contribution in [3.8, 4) is 11.6 Å². The van der Waals surface area contributed by atoms with Crippen LogP contribution in [0.1, 0.15) is 0 Å². The molecule has 1 aromatic heterocycles. The fraction of sp³-hybridized carbons (Fsp3) is 0.0909. The topological polar surface area (TPSA) is 35.0 Å². The van der Waals surface area contributed by atoms with Gasteiger partial charge in [0.2, 0.25) is 5.88 Å². The van der Waals surface area contributed by atoms with E-state index in [1.807, 2.05) is 6.26 Å². The Morgan fingerprint density at radius 2 is 1.82 bits per heavy atom. The van der Waals surface area contributed by atoms with Gasteiger partial charge in [0.05, 0.1) is 0 Å². The average Bonchev–Trinajstić information content (AvgIpc) is 2.31. The largest absolute Gasteiger partial charge is 0.439 e. The van der Waals surface area contributed by atoms with Crippen molar-refractivity contribution in [2.45, 2.75) is 5.16 Å². The summed E-state index contributed by atoms with van der Waals surface area (Å²) in [6.07, 6.45) is 1.87. The number of aromatic nitrogens is 2. The second-order valence-electron chi connectivity index (χ2n) is 3.07. The Kier molecular flexibility index (Phi) is 4.10. The normalized spacial score (nSPS) is 10.3. The number of nitrogens with zero attached hydrogens (tertiary/aromatic N) is 2. The molecule has 0 aliphatic rings. The fourth-order valence-electron chi connectivity index (χ4n) is 1.14. The van der Waals surface area contributed by atoms with Crippen LogP contribution in [0.15, 0.2) is 35.5 Å². The first-order chi connectivity index (χ1) is 8.17. The second kappa shape index (κ2) is 5.58. The predicted molar refractivity (Wildman–Crippen MR) is 70.3 cm³/mol. The zero-order chi connectivity index (χ0) is 12.3. The quantitative estimate of drug-likeness (QED) is 0.479. The highest BCUT2D eigenvalue weighted by Gasteiger charge is 2.04. The molecule has 2 rings (SSSR count). The van der Waals surface area contributed by atoms with Crippen molar-refractivity contribution in [1.82, 2.24) is 9.97 Å². The van der Waals surface area contributed by atoms with Crippen molar-refractivity contribution in [1.29, 1.82) is 0 Å². The van der Waals surface area contributed by atoms with Crippen LogP contribution in [0, 0.1) is 0 Å². The molecule has 0 unspecified atom stereocenters. The Balaban J connectivity index is 2.23. The summed E-state index contributed by atoms with van der Waals surface area (Å²) < 4.78 is 5.55. The summed E-state index contributed by atoms with van der Waals surface area (Å²) in [5.41, 5.74) is 0. The van der Waals surface area contributed by atoms with E-state index in [1.165, 1.54) is 11.8 Å². The third-order valence-corrected chi connectivity index (χ3v) is 2.86. The van der Waals surface area contributed by atoms with Gasteiger partial charge < -0.3 is 4.74 Å². The van der Waals surface area contributed by atoms with Crippen LogP contribution in [0.2, 0.25) is 10.2 Å². The van der Waals surface area contributed by atoms with Crippen molar-refractivity contribution in [3.05, 3.63) is 40.5 Å². The number of hydrogen-bond acceptors (Lipinski definition) is 4. The maximum Gasteiger partial charge on any atom is 0.224 e. The number of ether oxygens (including phenoxy) is 1. The Labute approximate surface area is 113 Å². The van der Waals surface area contributed by atoms with E-state index in [-0.39, 0.29) is 0 Å². The Morgan fingerprint density at radius 3 is 2.47 bits per heavy atom. The van der Waals surface area contributed by atoms with Gasteiger partial charge >= 0.3 is 0 Å². The molecule has 0 atom stereocenters. The van der Waals surface area contributed by atoms with E-state index in [0.717, 1.165) is 0 Å². The molecule has 0 amide bonds. The molecule has 2 aromatic rings. The smallest absolute Gasteiger partial charge is 0.224 e. The highest BCUT2D eigenvalue weighted by atomic mass is 35.5. The third kappa shape index (κ3) is 3.49. The van der Waals surface area contributed by atoms with E-state index in [4.69, 9.17) is 27.9 Å². The molecule has 0 fully saturated rings. The van der Waals surface area contributed by atoms with Crippen LogP contribution in [-0.4, -0.2) is 16.2 Å². The molecule has 0 N–H and O–H groups in total. The number of benzene rings is 1. The first-order valence-electron chi connectivity index (χ1n) is 4.69. The van der Waals surface area contributed by atoms with Crippen LogP contribution >= 0.6 is 35.0 Å². The van der Waals surface area contributed by atoms with Crippen LogP contribution in [0.3, 0.4) is 0 Å². The Morgan fingerprint density at radius 1 is 1.12 bits per heavy atom. The van der Waals surface area contributed by atoms with Crippen molar-refractivity contribution in [2.75, 3.05) is 6.26 Å². The minimum absolute atomic E-state index is 0.355. The van der Waals surface area contributed by atoms with Gasteiger partial charge in [0.25, 0.3) is 0 Å². The molecule has 88 valence electrons. The van der Waals surface area contributed by atoms with Crippen LogP contribution in [-0.2, 0) is 0 Å². The number of thioether (sulfide) groups is 1. The molecule has 0 aliphatic carbocycles. The minimum atomic E-state index is 0.355. The van der Waals surface area contributed by atoms with Gasteiger partial charge in [0.15, 0.2) is 5.16 Å². The molecular weight excluding hydrogens is 279 g/mol. The molecule has 1 aromatic carbocycles. The van der Waals surface area contributed by atoms with Crippen LogP contribution in [0.4, 0.5) is 0 Å². The van der Waals surface area contributed by atoms with Crippen LogP contribution < -0.4 is 4.74 Å². The van der Waals surface area contributed by atoms with Crippen molar-refractivity contribution in [2.24, 2.45) is 0 Å². The highest BCUT2D eigenvalue weighted by molar-refractivity contribution is 7.98. The molecular formula is C11H8Cl2N2OS. The summed E-state index contributed by atoms with van der Waals surface area (Å²) >= 11 is 13.0. The zero-order valence-corrected chi connectivity index (χ0v) is 11.2. The molecule has 0 bridgehead atoms. The number of hydrogen-bond donors (Lipinski definition) is 0. The summed E-state index contributed by atoms with van der Waals surface area (Å²) in [6.45, 7) is 0. The summed E-state index contributed by atoms with van der Waals surface area (Å²) in [4.78, 5) is 8.21. The van der Waals surface area contributed by atoms with Crippen LogP contribution in [0.5, 0.6) is 11.6 Å². The molecule has 3 nitrogen and oxygen atoms in total. The first-order valence-corrected chi connectivity index (χ1v) is 6.67. The van der Waals surface area contributed by atoms with E-state index >= 15 is 0 Å². The maximum atomic E-state index is 5.85. The molecule has 0 aliphatic heterocycles. The van der Waals surface area contributed by atoms with Crippen molar-refractivity contribution in [3.63, 3.8) is 0 Å². The lowest BCUT2D eigenvalue weighted by molar-refractivity contribution is 0.455. The number of halogens is 2. The second-order valence-corrected chi connectivity index (χ2v) is 4.67. The standard InChI is InChI=1S/C11H8Cl2N2OS/c1-17-11-14-9(13)6-10(15-11)16-8-4-2-7(12)3-5-8/h2-6H,1H3. The third-order valence-electron chi connectivity index (χ3n) is 1.87. The molecule has 17 heavy (non-hydrogen) atoms. The van der Waals surface area contributed by atoms with E-state index in [0.29, 0.717) is 27.0 Å². The van der Waals surface area contributed by atoms with Gasteiger partial charge in [-0.2, -0.15) is 4.98 Å². The van der Waals surface area contributed by atoms with Gasteiger partial charge in [-0.15, -0.1) is 0 Å². The van der Waals surface area contributed by atoms with Gasteiger partial charge in [-0.05, 0) is 30.5 Å². The lowest BCUT2D eigenvalue weighted by Gasteiger charge is -2.05. The Bertz CT molecular complexity index is 519. The monoisotopic (exact) mass is 286 g/mol. The van der Waals surface area contributed by atoms with Gasteiger partial charge in [0.1, 0.15) is 10.9 Å². The summed E-state index contributed by atoms with van der Waals surface area (Å²) in [6, 6.07) is 8.58. The molecule has 0 spiro atoms. The van der Waals surface area contributed by atoms with E-state index in [1.54, 1.807) is 30.3 Å². The first kappa shape index (κ1) is 12.5. The lowest BCUT2D eigenvalue weighted by atomic mass is 10.3. The average molecular weight is 287 g/mol. The summed E-state index contributed by atoms with van der Waals surface area (Å²) in [5.74, 6) is 1.06. The van der Waals surface area contributed by atoms with Crippen molar-refractivity contribution >= 4 is 35.0 Å². The van der Waals surface area contributed by atoms with E-state index < -0.39 is 0 Å². The molecule has 0 radical (unpaired) electrons. The maximum absolute atomic E-state index is 5.85. The molecule has 0 saturated heterocycles. The van der Waals surface area contributed by atoms with E-state index in [9.17, 15) is 0 Å². The summed E-state index contributed by atoms with van der Waals surface area (Å²) in [7, 11) is 0. The van der Waals surface area contributed by atoms with Crippen LogP contribution in [0.25, 0.3) is 0 Å².